The molecule has 19 heavy (non-hydrogen) atoms. The number of fused-ring (bicyclic) bond motifs is 1. The van der Waals surface area contributed by atoms with E-state index in [9.17, 15) is 19.2 Å². The highest BCUT2D eigenvalue weighted by molar-refractivity contribution is 5.78. The van der Waals surface area contributed by atoms with Crippen molar-refractivity contribution in [3.8, 4) is 0 Å². The second kappa shape index (κ2) is 3.85. The van der Waals surface area contributed by atoms with Gasteiger partial charge in [0.15, 0.2) is 0 Å². The van der Waals surface area contributed by atoms with Crippen molar-refractivity contribution in [1.82, 2.24) is 5.53 Å². The van der Waals surface area contributed by atoms with Gasteiger partial charge in [0.2, 0.25) is 0 Å². The molecule has 0 fully saturated rings. The van der Waals surface area contributed by atoms with E-state index in [0.29, 0.717) is 5.69 Å². The zero-order valence-electron chi connectivity index (χ0n) is 9.47. The third-order valence-electron chi connectivity index (χ3n) is 2.83. The lowest BCUT2D eigenvalue weighted by molar-refractivity contribution is 0.861. The van der Waals surface area contributed by atoms with Crippen LogP contribution in [0.3, 0.4) is 0 Å². The van der Waals surface area contributed by atoms with Gasteiger partial charge in [0.25, 0.3) is 21.7 Å². The molecule has 2 aromatic rings. The van der Waals surface area contributed by atoms with Crippen molar-refractivity contribution >= 4 is 17.1 Å². The van der Waals surface area contributed by atoms with Crippen molar-refractivity contribution < 1.29 is 0 Å². The summed E-state index contributed by atoms with van der Waals surface area (Å²) in [7, 11) is 0. The molecule has 0 bridgehead atoms. The average Bonchev–Trinajstić information content (AvgIpc) is 2.88. The van der Waals surface area contributed by atoms with Crippen LogP contribution >= 0.6 is 0 Å². The molecule has 0 amide bonds. The molecule has 0 unspecified atom stereocenters. The Labute approximate surface area is 105 Å². The van der Waals surface area contributed by atoms with Gasteiger partial charge in [-0.2, -0.15) is 0 Å². The summed E-state index contributed by atoms with van der Waals surface area (Å²) in [6.07, 6.45) is 0. The maximum absolute atomic E-state index is 11.8. The van der Waals surface area contributed by atoms with E-state index in [0.717, 1.165) is 0 Å². The summed E-state index contributed by atoms with van der Waals surface area (Å²) in [5, 5.41) is 1.26. The lowest BCUT2D eigenvalue weighted by Gasteiger charge is -2.16. The van der Waals surface area contributed by atoms with E-state index < -0.39 is 21.7 Å². The summed E-state index contributed by atoms with van der Waals surface area (Å²) in [4.78, 5) is 46.2. The highest BCUT2D eigenvalue weighted by atomic mass is 16.2. The number of anilines is 3. The lowest BCUT2D eigenvalue weighted by Crippen LogP contribution is -2.47. The van der Waals surface area contributed by atoms with Gasteiger partial charge in [0.1, 0.15) is 11.4 Å². The van der Waals surface area contributed by atoms with E-state index in [1.165, 1.54) is 5.01 Å². The molecule has 94 valence electrons. The molecule has 0 atom stereocenters. The Morgan fingerprint density at radius 3 is 2.11 bits per heavy atom. The molecule has 0 saturated carbocycles. The molecule has 1 aliphatic rings. The van der Waals surface area contributed by atoms with Crippen LogP contribution in [0.4, 0.5) is 17.1 Å². The smallest absolute Gasteiger partial charge is 0.279 e. The maximum Gasteiger partial charge on any atom is 0.279 e. The summed E-state index contributed by atoms with van der Waals surface area (Å²) in [6.45, 7) is 0. The lowest BCUT2D eigenvalue weighted by atomic mass is 10.2. The quantitative estimate of drug-likeness (QED) is 0.632. The Bertz CT molecular complexity index is 854. The standard InChI is InChI=1S/C12H7N3O4/c16-9-7-8(10(17)12(19)11(9)18)15(14-13-7)6-4-2-1-3-5-6/h1-5,13-14H. The summed E-state index contributed by atoms with van der Waals surface area (Å²) in [5.74, 6) is 0. The van der Waals surface area contributed by atoms with Gasteiger partial charge in [0, 0.05) is 0 Å². The third-order valence-corrected chi connectivity index (χ3v) is 2.83. The summed E-state index contributed by atoms with van der Waals surface area (Å²) < 4.78 is 0. The molecule has 0 aliphatic carbocycles. The molecule has 0 spiro atoms. The molecule has 3 rings (SSSR count). The first kappa shape index (κ1) is 11.3. The normalized spacial score (nSPS) is 13.2. The zero-order valence-corrected chi connectivity index (χ0v) is 9.47. The van der Waals surface area contributed by atoms with E-state index in [1.807, 2.05) is 0 Å². The van der Waals surface area contributed by atoms with Crippen LogP contribution in [0.25, 0.3) is 0 Å². The molecular formula is C12H7N3O4. The van der Waals surface area contributed by atoms with Crippen molar-refractivity contribution in [1.29, 1.82) is 0 Å². The predicted octanol–water partition coefficient (Wildman–Crippen LogP) is -1.01. The molecule has 1 aliphatic heterocycles. The predicted molar refractivity (Wildman–Crippen MR) is 69.2 cm³/mol. The number of rotatable bonds is 1. The van der Waals surface area contributed by atoms with Gasteiger partial charge in [-0.15, -0.1) is 5.53 Å². The van der Waals surface area contributed by atoms with Gasteiger partial charge >= 0.3 is 0 Å². The van der Waals surface area contributed by atoms with Crippen LogP contribution in [-0.4, -0.2) is 0 Å². The maximum atomic E-state index is 11.8. The Kier molecular flexibility index (Phi) is 2.29. The fourth-order valence-corrected chi connectivity index (χ4v) is 1.92. The molecule has 2 N–H and O–H groups in total. The van der Waals surface area contributed by atoms with Crippen LogP contribution in [0.1, 0.15) is 0 Å². The average molecular weight is 257 g/mol. The summed E-state index contributed by atoms with van der Waals surface area (Å²) in [6, 6.07) is 8.62. The van der Waals surface area contributed by atoms with Crippen molar-refractivity contribution in [3.05, 3.63) is 71.2 Å². The zero-order chi connectivity index (χ0) is 13.6. The van der Waals surface area contributed by atoms with Crippen LogP contribution in [0.15, 0.2) is 49.5 Å². The number of hydrazine groups is 2. The van der Waals surface area contributed by atoms with Crippen LogP contribution in [-0.2, 0) is 0 Å². The number of nitrogens with one attached hydrogen (secondary N) is 2. The Morgan fingerprint density at radius 1 is 0.789 bits per heavy atom. The molecule has 0 saturated heterocycles. The number of hydrogen-bond donors (Lipinski definition) is 2. The largest absolute Gasteiger partial charge is 0.298 e. The Balaban J connectivity index is 2.33. The minimum Gasteiger partial charge on any atom is -0.298 e. The number of nitrogens with zero attached hydrogens (tertiary/aromatic N) is 1. The monoisotopic (exact) mass is 257 g/mol. The second-order valence-electron chi connectivity index (χ2n) is 3.95. The first-order valence-electron chi connectivity index (χ1n) is 5.40. The van der Waals surface area contributed by atoms with Crippen molar-refractivity contribution in [2.75, 3.05) is 10.4 Å². The van der Waals surface area contributed by atoms with Crippen LogP contribution in [0, 0.1) is 0 Å². The minimum atomic E-state index is -1.31. The summed E-state index contributed by atoms with van der Waals surface area (Å²) in [5.41, 5.74) is 0.611. The van der Waals surface area contributed by atoms with Gasteiger partial charge in [-0.05, 0) is 12.1 Å². The van der Waals surface area contributed by atoms with Gasteiger partial charge in [-0.1, -0.05) is 18.2 Å². The Hall–Kier alpha value is -2.80. The number of hydrogen-bond acceptors (Lipinski definition) is 7. The van der Waals surface area contributed by atoms with Gasteiger partial charge < -0.3 is 0 Å². The van der Waals surface area contributed by atoms with Gasteiger partial charge in [-0.25, -0.2) is 0 Å². The molecular weight excluding hydrogens is 250 g/mol. The molecule has 0 aromatic heterocycles. The van der Waals surface area contributed by atoms with Crippen molar-refractivity contribution in [2.24, 2.45) is 0 Å². The topological polar surface area (TPSA) is 95.6 Å². The minimum absolute atomic E-state index is 0.152. The van der Waals surface area contributed by atoms with Gasteiger partial charge in [0.05, 0.1) is 5.69 Å². The van der Waals surface area contributed by atoms with E-state index in [-0.39, 0.29) is 11.4 Å². The number of benzene rings is 2. The molecule has 2 aromatic carbocycles. The fourth-order valence-electron chi connectivity index (χ4n) is 1.92. The molecule has 0 radical (unpaired) electrons. The first-order chi connectivity index (χ1) is 9.11. The molecule has 1 heterocycles. The van der Waals surface area contributed by atoms with Crippen molar-refractivity contribution in [3.63, 3.8) is 0 Å². The van der Waals surface area contributed by atoms with Crippen molar-refractivity contribution in [2.45, 2.75) is 0 Å². The SMILES string of the molecule is O=c1c2c(c(=O)c(=O)c1=O)N(c1ccccc1)NN2. The van der Waals surface area contributed by atoms with Crippen LogP contribution < -0.4 is 37.7 Å². The van der Waals surface area contributed by atoms with Crippen LogP contribution in [0.5, 0.6) is 0 Å². The second-order valence-corrected chi connectivity index (χ2v) is 3.95. The van der Waals surface area contributed by atoms with Crippen LogP contribution in [0.2, 0.25) is 0 Å². The number of para-hydroxylation sites is 1. The van der Waals surface area contributed by atoms with E-state index >= 15 is 0 Å². The van der Waals surface area contributed by atoms with E-state index in [1.54, 1.807) is 30.3 Å². The van der Waals surface area contributed by atoms with E-state index in [2.05, 4.69) is 11.0 Å². The van der Waals surface area contributed by atoms with E-state index in [4.69, 9.17) is 0 Å². The highest BCUT2D eigenvalue weighted by Crippen LogP contribution is 2.27. The third kappa shape index (κ3) is 1.49. The van der Waals surface area contributed by atoms with Gasteiger partial charge in [-0.3, -0.25) is 29.6 Å². The Morgan fingerprint density at radius 2 is 1.42 bits per heavy atom. The highest BCUT2D eigenvalue weighted by Gasteiger charge is 2.29. The molecule has 7 heteroatoms. The molecule has 7 nitrogen and oxygen atoms in total. The first-order valence-corrected chi connectivity index (χ1v) is 5.40. The summed E-state index contributed by atoms with van der Waals surface area (Å²) >= 11 is 0. The fraction of sp³-hybridized carbons (Fsp3) is 0.